The molecule has 0 aromatic carbocycles. The molecule has 11 heavy (non-hydrogen) atoms. The standard InChI is InChI=1S/C8H13NO2/c1-11-7(10)8(9)4-6(8)5-2-3-5/h5-6H,2-4,9H2,1H3/t6-,8+/m1/s1. The van der Waals surface area contributed by atoms with Crippen molar-refractivity contribution in [3.05, 3.63) is 0 Å². The third-order valence-corrected chi connectivity index (χ3v) is 2.82. The average molecular weight is 155 g/mol. The normalized spacial score (nSPS) is 41.8. The largest absolute Gasteiger partial charge is 0.468 e. The fourth-order valence-electron chi connectivity index (χ4n) is 1.82. The van der Waals surface area contributed by atoms with Crippen molar-refractivity contribution >= 4 is 5.97 Å². The number of hydrogen-bond donors (Lipinski definition) is 1. The van der Waals surface area contributed by atoms with E-state index in [2.05, 4.69) is 4.74 Å². The zero-order valence-electron chi connectivity index (χ0n) is 6.67. The van der Waals surface area contributed by atoms with Crippen molar-refractivity contribution in [3.63, 3.8) is 0 Å². The minimum Gasteiger partial charge on any atom is -0.468 e. The Hall–Kier alpha value is -0.570. The number of hydrogen-bond acceptors (Lipinski definition) is 3. The average Bonchev–Trinajstić information content (AvgIpc) is 2.79. The Morgan fingerprint density at radius 2 is 2.27 bits per heavy atom. The maximum atomic E-state index is 11.1. The van der Waals surface area contributed by atoms with Gasteiger partial charge < -0.3 is 10.5 Å². The lowest BCUT2D eigenvalue weighted by Crippen LogP contribution is -2.36. The summed E-state index contributed by atoms with van der Waals surface area (Å²) in [6.45, 7) is 0. The van der Waals surface area contributed by atoms with Crippen LogP contribution in [0, 0.1) is 11.8 Å². The van der Waals surface area contributed by atoms with Crippen LogP contribution >= 0.6 is 0 Å². The van der Waals surface area contributed by atoms with Crippen molar-refractivity contribution in [1.82, 2.24) is 0 Å². The molecule has 0 unspecified atom stereocenters. The van der Waals surface area contributed by atoms with Gasteiger partial charge in [-0.05, 0) is 31.1 Å². The Morgan fingerprint density at radius 3 is 2.73 bits per heavy atom. The Balaban J connectivity index is 1.98. The molecule has 3 heteroatoms. The summed E-state index contributed by atoms with van der Waals surface area (Å²) in [5.41, 5.74) is 5.21. The van der Waals surface area contributed by atoms with Crippen LogP contribution in [0.4, 0.5) is 0 Å². The van der Waals surface area contributed by atoms with Crippen LogP contribution in [0.15, 0.2) is 0 Å². The van der Waals surface area contributed by atoms with Gasteiger partial charge in [-0.15, -0.1) is 0 Å². The first-order chi connectivity index (χ1) is 5.18. The molecule has 2 saturated carbocycles. The molecule has 0 amide bonds. The summed E-state index contributed by atoms with van der Waals surface area (Å²) in [5.74, 6) is 0.920. The third-order valence-electron chi connectivity index (χ3n) is 2.82. The highest BCUT2D eigenvalue weighted by molar-refractivity contribution is 5.84. The second kappa shape index (κ2) is 1.97. The monoisotopic (exact) mass is 155 g/mol. The van der Waals surface area contributed by atoms with Gasteiger partial charge in [0.15, 0.2) is 0 Å². The Morgan fingerprint density at radius 1 is 1.64 bits per heavy atom. The number of carbonyl (C=O) groups is 1. The van der Waals surface area contributed by atoms with Crippen LogP contribution in [-0.2, 0) is 9.53 Å². The molecule has 3 nitrogen and oxygen atoms in total. The van der Waals surface area contributed by atoms with Crippen molar-refractivity contribution in [2.45, 2.75) is 24.8 Å². The summed E-state index contributed by atoms with van der Waals surface area (Å²) >= 11 is 0. The van der Waals surface area contributed by atoms with E-state index in [9.17, 15) is 4.79 Å². The van der Waals surface area contributed by atoms with Gasteiger partial charge in [-0.1, -0.05) is 0 Å². The van der Waals surface area contributed by atoms with E-state index in [0.29, 0.717) is 5.92 Å². The number of methoxy groups -OCH3 is 1. The first-order valence-electron chi connectivity index (χ1n) is 4.06. The molecule has 2 rings (SSSR count). The van der Waals surface area contributed by atoms with E-state index in [4.69, 9.17) is 5.73 Å². The molecule has 0 spiro atoms. The molecule has 2 fully saturated rings. The Bertz CT molecular complexity index is 200. The first-order valence-corrected chi connectivity index (χ1v) is 4.06. The summed E-state index contributed by atoms with van der Waals surface area (Å²) in [6.07, 6.45) is 3.34. The fourth-order valence-corrected chi connectivity index (χ4v) is 1.82. The van der Waals surface area contributed by atoms with Gasteiger partial charge in [0.1, 0.15) is 5.54 Å². The quantitative estimate of drug-likeness (QED) is 0.583. The molecule has 62 valence electrons. The predicted molar refractivity (Wildman–Crippen MR) is 39.8 cm³/mol. The van der Waals surface area contributed by atoms with Crippen LogP contribution in [0.5, 0.6) is 0 Å². The molecule has 2 aliphatic rings. The number of esters is 1. The maximum Gasteiger partial charge on any atom is 0.326 e. The maximum absolute atomic E-state index is 11.1. The van der Waals surface area contributed by atoms with Crippen LogP contribution < -0.4 is 5.73 Å². The Labute approximate surface area is 65.9 Å². The lowest BCUT2D eigenvalue weighted by Gasteiger charge is -2.06. The second-order valence-electron chi connectivity index (χ2n) is 3.68. The van der Waals surface area contributed by atoms with E-state index >= 15 is 0 Å². The minimum atomic E-state index is -0.601. The van der Waals surface area contributed by atoms with Gasteiger partial charge in [-0.3, -0.25) is 4.79 Å². The topological polar surface area (TPSA) is 52.3 Å². The molecule has 0 aromatic heterocycles. The molecular formula is C8H13NO2. The van der Waals surface area contributed by atoms with Crippen LogP contribution in [0.25, 0.3) is 0 Å². The molecular weight excluding hydrogens is 142 g/mol. The van der Waals surface area contributed by atoms with Crippen molar-refractivity contribution in [2.75, 3.05) is 7.11 Å². The van der Waals surface area contributed by atoms with Gasteiger partial charge in [0.05, 0.1) is 7.11 Å². The number of rotatable bonds is 2. The van der Waals surface area contributed by atoms with E-state index in [1.807, 2.05) is 0 Å². The van der Waals surface area contributed by atoms with Crippen molar-refractivity contribution in [3.8, 4) is 0 Å². The molecule has 0 aromatic rings. The number of ether oxygens (including phenoxy) is 1. The summed E-state index contributed by atoms with van der Waals surface area (Å²) in [4.78, 5) is 11.1. The summed E-state index contributed by atoms with van der Waals surface area (Å²) in [6, 6.07) is 0. The molecule has 0 bridgehead atoms. The van der Waals surface area contributed by atoms with Gasteiger partial charge >= 0.3 is 5.97 Å². The summed E-state index contributed by atoms with van der Waals surface area (Å²) in [7, 11) is 1.40. The number of nitrogens with two attached hydrogens (primary N) is 1. The predicted octanol–water partition coefficient (Wildman–Crippen LogP) is 0.287. The molecule has 2 N–H and O–H groups in total. The number of carbonyl (C=O) groups excluding carboxylic acids is 1. The van der Waals surface area contributed by atoms with Gasteiger partial charge in [-0.2, -0.15) is 0 Å². The van der Waals surface area contributed by atoms with Crippen LogP contribution in [-0.4, -0.2) is 18.6 Å². The van der Waals surface area contributed by atoms with Crippen LogP contribution in [0.1, 0.15) is 19.3 Å². The summed E-state index contributed by atoms with van der Waals surface area (Å²) < 4.78 is 4.62. The van der Waals surface area contributed by atoms with Crippen LogP contribution in [0.2, 0.25) is 0 Å². The summed E-state index contributed by atoms with van der Waals surface area (Å²) in [5, 5.41) is 0. The van der Waals surface area contributed by atoms with E-state index in [1.54, 1.807) is 0 Å². The highest BCUT2D eigenvalue weighted by Gasteiger charge is 2.63. The fraction of sp³-hybridized carbons (Fsp3) is 0.875. The van der Waals surface area contributed by atoms with E-state index < -0.39 is 5.54 Å². The van der Waals surface area contributed by atoms with Crippen LogP contribution in [0.3, 0.4) is 0 Å². The Kier molecular flexibility index (Phi) is 1.27. The van der Waals surface area contributed by atoms with E-state index in [-0.39, 0.29) is 5.97 Å². The molecule has 0 saturated heterocycles. The van der Waals surface area contributed by atoms with Crippen molar-refractivity contribution in [1.29, 1.82) is 0 Å². The highest BCUT2D eigenvalue weighted by atomic mass is 16.5. The lowest BCUT2D eigenvalue weighted by molar-refractivity contribution is -0.143. The van der Waals surface area contributed by atoms with Gasteiger partial charge in [0.2, 0.25) is 0 Å². The highest BCUT2D eigenvalue weighted by Crippen LogP contribution is 2.55. The van der Waals surface area contributed by atoms with Gasteiger partial charge in [0.25, 0.3) is 0 Å². The van der Waals surface area contributed by atoms with Gasteiger partial charge in [-0.25, -0.2) is 0 Å². The SMILES string of the molecule is COC(=O)[C@]1(N)C[C@@H]1C1CC1. The minimum absolute atomic E-state index is 0.227. The lowest BCUT2D eigenvalue weighted by atomic mass is 10.1. The zero-order chi connectivity index (χ0) is 8.06. The van der Waals surface area contributed by atoms with Gasteiger partial charge in [0, 0.05) is 0 Å². The first kappa shape index (κ1) is 7.10. The molecule has 0 aliphatic heterocycles. The molecule has 2 atom stereocenters. The molecule has 0 heterocycles. The second-order valence-corrected chi connectivity index (χ2v) is 3.68. The smallest absolute Gasteiger partial charge is 0.326 e. The van der Waals surface area contributed by atoms with Crippen molar-refractivity contribution in [2.24, 2.45) is 17.6 Å². The van der Waals surface area contributed by atoms with Crippen molar-refractivity contribution < 1.29 is 9.53 Å². The van der Waals surface area contributed by atoms with E-state index in [0.717, 1.165) is 12.3 Å². The molecule has 0 radical (unpaired) electrons. The zero-order valence-corrected chi connectivity index (χ0v) is 6.67. The van der Waals surface area contributed by atoms with E-state index in [1.165, 1.54) is 20.0 Å². The third kappa shape index (κ3) is 0.948. The molecule has 2 aliphatic carbocycles.